The predicted octanol–water partition coefficient (Wildman–Crippen LogP) is 10.2. The SMILES string of the molecule is CCCCCCCCCCOc1ccc([N+](=O)[O-])cc1.CCCCCCCCCCOc1ccc([N+](=O)[O-])cc1. The van der Waals surface area contributed by atoms with Crippen molar-refractivity contribution >= 4 is 11.4 Å². The summed E-state index contributed by atoms with van der Waals surface area (Å²) in [6.07, 6.45) is 20.3. The van der Waals surface area contributed by atoms with E-state index in [1.54, 1.807) is 24.3 Å². The molecule has 2 rings (SSSR count). The normalized spacial score (nSPS) is 10.4. The first kappa shape index (κ1) is 34.9. The van der Waals surface area contributed by atoms with Crippen LogP contribution in [0, 0.1) is 20.2 Å². The van der Waals surface area contributed by atoms with E-state index in [4.69, 9.17) is 9.47 Å². The van der Waals surface area contributed by atoms with Gasteiger partial charge in [0.1, 0.15) is 11.5 Å². The minimum absolute atomic E-state index is 0.101. The standard InChI is InChI=1S/2C16H25NO3/c2*1-2-3-4-5-6-7-8-9-14-20-16-12-10-15(11-13-16)17(18)19/h2*10-13H,2-9,14H2,1H3. The number of rotatable bonds is 22. The maximum Gasteiger partial charge on any atom is 0.269 e. The zero-order chi connectivity index (χ0) is 29.3. The lowest BCUT2D eigenvalue weighted by Gasteiger charge is -2.05. The van der Waals surface area contributed by atoms with Gasteiger partial charge in [-0.1, -0.05) is 104 Å². The molecule has 224 valence electrons. The molecule has 0 amide bonds. The van der Waals surface area contributed by atoms with Crippen LogP contribution in [0.1, 0.15) is 117 Å². The molecule has 0 fully saturated rings. The molecule has 2 aromatic rings. The number of benzene rings is 2. The Morgan fingerprint density at radius 3 is 1.02 bits per heavy atom. The second-order valence-electron chi connectivity index (χ2n) is 10.1. The first-order valence-electron chi connectivity index (χ1n) is 15.2. The number of ether oxygens (including phenoxy) is 2. The lowest BCUT2D eigenvalue weighted by Crippen LogP contribution is -1.97. The molecule has 0 saturated heterocycles. The van der Waals surface area contributed by atoms with Crippen molar-refractivity contribution < 1.29 is 19.3 Å². The average Bonchev–Trinajstić information content (AvgIpc) is 2.96. The summed E-state index contributed by atoms with van der Waals surface area (Å²) in [6, 6.07) is 12.5. The molecule has 0 aromatic heterocycles. The molecule has 0 saturated carbocycles. The monoisotopic (exact) mass is 558 g/mol. The maximum absolute atomic E-state index is 10.5. The lowest BCUT2D eigenvalue weighted by atomic mass is 10.1. The van der Waals surface area contributed by atoms with Crippen LogP contribution in [-0.4, -0.2) is 23.1 Å². The van der Waals surface area contributed by atoms with Crippen LogP contribution in [0.2, 0.25) is 0 Å². The van der Waals surface area contributed by atoms with Gasteiger partial charge in [0.15, 0.2) is 0 Å². The van der Waals surface area contributed by atoms with Crippen molar-refractivity contribution in [2.75, 3.05) is 13.2 Å². The molecule has 2 aromatic carbocycles. The van der Waals surface area contributed by atoms with E-state index in [0.717, 1.165) is 12.8 Å². The van der Waals surface area contributed by atoms with Crippen LogP contribution in [-0.2, 0) is 0 Å². The first-order chi connectivity index (χ1) is 19.5. The summed E-state index contributed by atoms with van der Waals surface area (Å²) < 4.78 is 11.1. The molecular weight excluding hydrogens is 508 g/mol. The zero-order valence-corrected chi connectivity index (χ0v) is 24.7. The third kappa shape index (κ3) is 18.2. The molecule has 0 bridgehead atoms. The van der Waals surface area contributed by atoms with Crippen molar-refractivity contribution in [3.63, 3.8) is 0 Å². The van der Waals surface area contributed by atoms with Crippen LogP contribution in [0.5, 0.6) is 11.5 Å². The van der Waals surface area contributed by atoms with Crippen molar-refractivity contribution in [2.24, 2.45) is 0 Å². The first-order valence-corrected chi connectivity index (χ1v) is 15.2. The number of hydrogen-bond acceptors (Lipinski definition) is 6. The second-order valence-corrected chi connectivity index (χ2v) is 10.1. The molecule has 0 N–H and O–H groups in total. The minimum atomic E-state index is -0.400. The highest BCUT2D eigenvalue weighted by Crippen LogP contribution is 2.19. The van der Waals surface area contributed by atoms with Crippen LogP contribution in [0.15, 0.2) is 48.5 Å². The molecule has 8 heteroatoms. The van der Waals surface area contributed by atoms with E-state index in [-0.39, 0.29) is 11.4 Å². The van der Waals surface area contributed by atoms with Gasteiger partial charge in [-0.2, -0.15) is 0 Å². The number of nitro groups is 2. The van der Waals surface area contributed by atoms with Crippen molar-refractivity contribution in [3.8, 4) is 11.5 Å². The molecule has 40 heavy (non-hydrogen) atoms. The summed E-state index contributed by atoms with van der Waals surface area (Å²) in [4.78, 5) is 20.2. The quantitative estimate of drug-likeness (QED) is 0.0808. The van der Waals surface area contributed by atoms with Gasteiger partial charge in [0.25, 0.3) is 11.4 Å². The van der Waals surface area contributed by atoms with Crippen molar-refractivity contribution in [1.82, 2.24) is 0 Å². The zero-order valence-electron chi connectivity index (χ0n) is 24.7. The number of unbranched alkanes of at least 4 members (excludes halogenated alkanes) is 14. The highest BCUT2D eigenvalue weighted by atomic mass is 16.6. The van der Waals surface area contributed by atoms with Crippen LogP contribution < -0.4 is 9.47 Å². The molecule has 0 spiro atoms. The molecule has 8 nitrogen and oxygen atoms in total. The number of non-ortho nitro benzene ring substituents is 2. The van der Waals surface area contributed by atoms with Crippen molar-refractivity contribution in [1.29, 1.82) is 0 Å². The van der Waals surface area contributed by atoms with E-state index < -0.39 is 9.85 Å². The Bertz CT molecular complexity index is 827. The molecule has 0 aliphatic heterocycles. The predicted molar refractivity (Wildman–Crippen MR) is 162 cm³/mol. The lowest BCUT2D eigenvalue weighted by molar-refractivity contribution is -0.385. The molecule has 0 atom stereocenters. The van der Waals surface area contributed by atoms with Crippen molar-refractivity contribution in [2.45, 2.75) is 117 Å². The van der Waals surface area contributed by atoms with Gasteiger partial charge in [0.05, 0.1) is 23.1 Å². The molecule has 0 heterocycles. The Morgan fingerprint density at radius 1 is 0.475 bits per heavy atom. The third-order valence-corrected chi connectivity index (χ3v) is 6.63. The Morgan fingerprint density at radius 2 is 0.750 bits per heavy atom. The van der Waals surface area contributed by atoms with E-state index in [9.17, 15) is 20.2 Å². The van der Waals surface area contributed by atoms with Gasteiger partial charge in [-0.05, 0) is 37.1 Å². The van der Waals surface area contributed by atoms with Gasteiger partial charge in [-0.3, -0.25) is 20.2 Å². The minimum Gasteiger partial charge on any atom is -0.494 e. The number of nitrogens with zero attached hydrogens (tertiary/aromatic N) is 2. The Labute approximate surface area is 240 Å². The Kier molecular flexibility index (Phi) is 20.7. The topological polar surface area (TPSA) is 105 Å². The third-order valence-electron chi connectivity index (χ3n) is 6.63. The molecule has 0 unspecified atom stereocenters. The van der Waals surface area contributed by atoms with Gasteiger partial charge in [-0.25, -0.2) is 0 Å². The van der Waals surface area contributed by atoms with Crippen LogP contribution in [0.4, 0.5) is 11.4 Å². The van der Waals surface area contributed by atoms with Gasteiger partial charge >= 0.3 is 0 Å². The summed E-state index contributed by atoms with van der Waals surface area (Å²) in [5.41, 5.74) is 0.203. The Hall–Kier alpha value is -3.16. The second kappa shape index (κ2) is 23.7. The maximum atomic E-state index is 10.5. The van der Waals surface area contributed by atoms with Crippen LogP contribution in [0.3, 0.4) is 0 Å². The van der Waals surface area contributed by atoms with E-state index in [1.165, 1.54) is 114 Å². The largest absolute Gasteiger partial charge is 0.494 e. The van der Waals surface area contributed by atoms with E-state index in [1.807, 2.05) is 0 Å². The summed E-state index contributed by atoms with van der Waals surface area (Å²) in [6.45, 7) is 5.84. The number of nitro benzene ring substituents is 2. The summed E-state index contributed by atoms with van der Waals surface area (Å²) in [7, 11) is 0. The molecule has 0 radical (unpaired) electrons. The van der Waals surface area contributed by atoms with Crippen LogP contribution >= 0.6 is 0 Å². The van der Waals surface area contributed by atoms with Crippen molar-refractivity contribution in [3.05, 3.63) is 68.8 Å². The fourth-order valence-electron chi connectivity index (χ4n) is 4.18. The van der Waals surface area contributed by atoms with Gasteiger partial charge in [0.2, 0.25) is 0 Å². The fourth-order valence-corrected chi connectivity index (χ4v) is 4.18. The summed E-state index contributed by atoms with van der Waals surface area (Å²) in [5.74, 6) is 1.41. The van der Waals surface area contributed by atoms with E-state index in [0.29, 0.717) is 24.7 Å². The molecule has 0 aliphatic carbocycles. The number of hydrogen-bond donors (Lipinski definition) is 0. The van der Waals surface area contributed by atoms with Gasteiger partial charge in [-0.15, -0.1) is 0 Å². The Balaban J connectivity index is 0.000000400. The van der Waals surface area contributed by atoms with E-state index >= 15 is 0 Å². The molecular formula is C32H50N2O6. The molecule has 0 aliphatic rings. The summed E-state index contributed by atoms with van der Waals surface area (Å²) >= 11 is 0. The summed E-state index contributed by atoms with van der Waals surface area (Å²) in [5, 5.41) is 21.0. The van der Waals surface area contributed by atoms with Gasteiger partial charge < -0.3 is 9.47 Å². The van der Waals surface area contributed by atoms with E-state index in [2.05, 4.69) is 13.8 Å². The average molecular weight is 559 g/mol. The van der Waals surface area contributed by atoms with Gasteiger partial charge in [0, 0.05) is 24.3 Å². The van der Waals surface area contributed by atoms with Crippen LogP contribution in [0.25, 0.3) is 0 Å². The highest BCUT2D eigenvalue weighted by molar-refractivity contribution is 5.36. The smallest absolute Gasteiger partial charge is 0.269 e. The fraction of sp³-hybridized carbons (Fsp3) is 0.625. The highest BCUT2D eigenvalue weighted by Gasteiger charge is 2.05.